The topological polar surface area (TPSA) is 66.8 Å². The van der Waals surface area contributed by atoms with Crippen molar-refractivity contribution in [3.05, 3.63) is 17.7 Å². The zero-order chi connectivity index (χ0) is 10.7. The van der Waals surface area contributed by atoms with Crippen molar-refractivity contribution >= 4 is 17.4 Å². The monoisotopic (exact) mass is 216 g/mol. The second kappa shape index (κ2) is 4.19. The number of hydrogen-bond donors (Lipinski definition) is 2. The highest BCUT2D eigenvalue weighted by Gasteiger charge is 2.14. The minimum absolute atomic E-state index is 0.0155. The maximum atomic E-state index is 11.1. The van der Waals surface area contributed by atoms with Gasteiger partial charge in [-0.3, -0.25) is 4.79 Å². The lowest BCUT2D eigenvalue weighted by Crippen LogP contribution is -2.00. The van der Waals surface area contributed by atoms with Gasteiger partial charge in [-0.1, -0.05) is 0 Å². The van der Waals surface area contributed by atoms with E-state index in [1.54, 1.807) is 0 Å². The van der Waals surface area contributed by atoms with Gasteiger partial charge in [0.05, 0.1) is 18.6 Å². The number of carbonyl (C=O) groups excluding carboxylic acids is 1. The molecule has 0 aliphatic carbocycles. The summed E-state index contributed by atoms with van der Waals surface area (Å²) in [5.41, 5.74) is -0.0155. The van der Waals surface area contributed by atoms with Gasteiger partial charge in [-0.25, -0.2) is 0 Å². The second-order valence-corrected chi connectivity index (χ2v) is 2.87. The van der Waals surface area contributed by atoms with Gasteiger partial charge in [-0.2, -0.15) is 0 Å². The van der Waals surface area contributed by atoms with Crippen LogP contribution in [-0.2, 0) is 0 Å². The van der Waals surface area contributed by atoms with Crippen molar-refractivity contribution in [2.24, 2.45) is 0 Å². The number of phenolic OH excluding ortho intramolecular Hbond substituents is 2. The maximum absolute atomic E-state index is 11.1. The van der Waals surface area contributed by atoms with Crippen LogP contribution in [0.3, 0.4) is 0 Å². The minimum Gasteiger partial charge on any atom is -0.507 e. The summed E-state index contributed by atoms with van der Waals surface area (Å²) in [6, 6.07) is 2.29. The number of Topliss-reactive ketones (excluding diaryl/α,β-unsaturated/α-hetero) is 1. The molecule has 1 rings (SSSR count). The number of benzene rings is 1. The van der Waals surface area contributed by atoms with E-state index in [0.717, 1.165) is 12.1 Å². The lowest BCUT2D eigenvalue weighted by Gasteiger charge is -2.06. The predicted octanol–water partition coefficient (Wildman–Crippen LogP) is 1.53. The van der Waals surface area contributed by atoms with Crippen molar-refractivity contribution in [3.63, 3.8) is 0 Å². The molecular weight excluding hydrogens is 208 g/mol. The molecule has 0 aliphatic heterocycles. The molecule has 2 N–H and O–H groups in total. The number of phenols is 2. The molecule has 14 heavy (non-hydrogen) atoms. The fourth-order valence-electron chi connectivity index (χ4n) is 1.02. The van der Waals surface area contributed by atoms with Crippen molar-refractivity contribution in [1.29, 1.82) is 0 Å². The fourth-order valence-corrected chi connectivity index (χ4v) is 1.16. The molecule has 0 unspecified atom stereocenters. The van der Waals surface area contributed by atoms with E-state index in [-0.39, 0.29) is 28.7 Å². The lowest BCUT2D eigenvalue weighted by atomic mass is 10.1. The van der Waals surface area contributed by atoms with Gasteiger partial charge >= 0.3 is 0 Å². The minimum atomic E-state index is -0.456. The first-order valence-electron chi connectivity index (χ1n) is 3.79. The standard InChI is InChI=1S/C9H9ClO4/c1-14-9-3-6(11)5(2-7(9)12)8(13)4-10/h2-3,11-12H,4H2,1H3. The summed E-state index contributed by atoms with van der Waals surface area (Å²) in [7, 11) is 1.34. The van der Waals surface area contributed by atoms with Crippen molar-refractivity contribution in [2.75, 3.05) is 13.0 Å². The Hall–Kier alpha value is -1.42. The van der Waals surface area contributed by atoms with Crippen LogP contribution in [0.4, 0.5) is 0 Å². The molecule has 76 valence electrons. The molecule has 1 aromatic rings. The number of methoxy groups -OCH3 is 1. The molecule has 0 radical (unpaired) electrons. The molecule has 0 fully saturated rings. The lowest BCUT2D eigenvalue weighted by molar-refractivity contribution is 0.101. The molecule has 0 aliphatic rings. The molecule has 0 heterocycles. The largest absolute Gasteiger partial charge is 0.507 e. The van der Waals surface area contributed by atoms with Gasteiger partial charge in [0, 0.05) is 6.07 Å². The van der Waals surface area contributed by atoms with Crippen molar-refractivity contribution in [1.82, 2.24) is 0 Å². The van der Waals surface area contributed by atoms with Crippen LogP contribution in [0.5, 0.6) is 17.2 Å². The highest BCUT2D eigenvalue weighted by atomic mass is 35.5. The first-order chi connectivity index (χ1) is 6.60. The van der Waals surface area contributed by atoms with E-state index in [1.807, 2.05) is 0 Å². The number of carbonyl (C=O) groups is 1. The van der Waals surface area contributed by atoms with Crippen LogP contribution in [0, 0.1) is 0 Å². The zero-order valence-electron chi connectivity index (χ0n) is 7.45. The Morgan fingerprint density at radius 2 is 2.07 bits per heavy atom. The van der Waals surface area contributed by atoms with Crippen molar-refractivity contribution < 1.29 is 19.7 Å². The Bertz CT molecular complexity index is 362. The van der Waals surface area contributed by atoms with Crippen LogP contribution in [-0.4, -0.2) is 29.0 Å². The van der Waals surface area contributed by atoms with Crippen LogP contribution in [0.2, 0.25) is 0 Å². The van der Waals surface area contributed by atoms with E-state index in [0.29, 0.717) is 0 Å². The highest BCUT2D eigenvalue weighted by Crippen LogP contribution is 2.33. The number of aromatic hydroxyl groups is 2. The van der Waals surface area contributed by atoms with Gasteiger partial charge in [-0.05, 0) is 6.07 Å². The number of hydrogen-bond acceptors (Lipinski definition) is 4. The Labute approximate surface area is 85.7 Å². The average Bonchev–Trinajstić information content (AvgIpc) is 2.19. The second-order valence-electron chi connectivity index (χ2n) is 2.60. The van der Waals surface area contributed by atoms with Gasteiger partial charge in [0.15, 0.2) is 17.3 Å². The van der Waals surface area contributed by atoms with E-state index in [2.05, 4.69) is 0 Å². The molecule has 0 saturated carbocycles. The van der Waals surface area contributed by atoms with Crippen LogP contribution in [0.15, 0.2) is 12.1 Å². The van der Waals surface area contributed by atoms with Crippen molar-refractivity contribution in [3.8, 4) is 17.2 Å². The number of ketones is 1. The molecule has 1 aromatic carbocycles. The van der Waals surface area contributed by atoms with Gasteiger partial charge < -0.3 is 14.9 Å². The van der Waals surface area contributed by atoms with Crippen LogP contribution in [0.25, 0.3) is 0 Å². The third-order valence-corrected chi connectivity index (χ3v) is 1.96. The van der Waals surface area contributed by atoms with Crippen molar-refractivity contribution in [2.45, 2.75) is 0 Å². The predicted molar refractivity (Wildman–Crippen MR) is 51.4 cm³/mol. The number of halogens is 1. The molecule has 0 spiro atoms. The third-order valence-electron chi connectivity index (χ3n) is 1.72. The summed E-state index contributed by atoms with van der Waals surface area (Å²) in [6.07, 6.45) is 0. The van der Waals surface area contributed by atoms with E-state index in [9.17, 15) is 15.0 Å². The SMILES string of the molecule is COc1cc(O)c(C(=O)CCl)cc1O. The molecule has 0 bridgehead atoms. The van der Waals surface area contributed by atoms with Crippen LogP contribution in [0.1, 0.15) is 10.4 Å². The fraction of sp³-hybridized carbons (Fsp3) is 0.222. The van der Waals surface area contributed by atoms with Gasteiger partial charge in [0.2, 0.25) is 0 Å². The first kappa shape index (κ1) is 10.7. The van der Waals surface area contributed by atoms with E-state index in [1.165, 1.54) is 7.11 Å². The summed E-state index contributed by atoms with van der Waals surface area (Å²) < 4.78 is 4.74. The molecular formula is C9H9ClO4. The number of ether oxygens (including phenoxy) is 1. The average molecular weight is 217 g/mol. The van der Waals surface area contributed by atoms with Gasteiger partial charge in [-0.15, -0.1) is 11.6 Å². The van der Waals surface area contributed by atoms with E-state index < -0.39 is 5.78 Å². The number of alkyl halides is 1. The van der Waals surface area contributed by atoms with Gasteiger partial charge in [0.25, 0.3) is 0 Å². The Kier molecular flexibility index (Phi) is 3.19. The summed E-state index contributed by atoms with van der Waals surface area (Å²) in [6.45, 7) is 0. The Balaban J connectivity index is 3.21. The first-order valence-corrected chi connectivity index (χ1v) is 4.32. The Morgan fingerprint density at radius 3 is 2.57 bits per heavy atom. The van der Waals surface area contributed by atoms with E-state index >= 15 is 0 Å². The molecule has 4 nitrogen and oxygen atoms in total. The molecule has 0 saturated heterocycles. The van der Waals surface area contributed by atoms with E-state index in [4.69, 9.17) is 16.3 Å². The summed E-state index contributed by atoms with van der Waals surface area (Å²) in [5.74, 6) is -1.07. The maximum Gasteiger partial charge on any atom is 0.181 e. The molecule has 0 aromatic heterocycles. The zero-order valence-corrected chi connectivity index (χ0v) is 8.21. The summed E-state index contributed by atoms with van der Waals surface area (Å²) in [4.78, 5) is 11.1. The summed E-state index contributed by atoms with van der Waals surface area (Å²) >= 11 is 5.31. The third kappa shape index (κ3) is 1.90. The van der Waals surface area contributed by atoms with Crippen LogP contribution >= 0.6 is 11.6 Å². The molecule has 5 heteroatoms. The quantitative estimate of drug-likeness (QED) is 0.457. The highest BCUT2D eigenvalue weighted by molar-refractivity contribution is 6.30. The molecule has 0 amide bonds. The Morgan fingerprint density at radius 1 is 1.43 bits per heavy atom. The van der Waals surface area contributed by atoms with Crippen LogP contribution < -0.4 is 4.74 Å². The normalized spacial score (nSPS) is 9.86. The number of rotatable bonds is 3. The molecule has 0 atom stereocenters. The summed E-state index contributed by atoms with van der Waals surface area (Å²) in [5, 5.41) is 18.7. The van der Waals surface area contributed by atoms with Gasteiger partial charge in [0.1, 0.15) is 5.75 Å². The smallest absolute Gasteiger partial charge is 0.181 e.